The van der Waals surface area contributed by atoms with Crippen LogP contribution < -0.4 is 4.74 Å². The Kier molecular flexibility index (Phi) is 4.73. The van der Waals surface area contributed by atoms with E-state index < -0.39 is 5.97 Å². The summed E-state index contributed by atoms with van der Waals surface area (Å²) in [6.07, 6.45) is 1.45. The molecule has 1 aromatic carbocycles. The van der Waals surface area contributed by atoms with Crippen LogP contribution in [0.15, 0.2) is 28.2 Å². The standard InChI is InChI=1S/C12H10BrNO3/c1-16-11-4-3-8(6-10(11)13)5-9(7-14)12(15)17-2/h3-6H,1-2H3/b9-5+. The first kappa shape index (κ1) is 13.3. The van der Waals surface area contributed by atoms with Gasteiger partial charge in [0.25, 0.3) is 0 Å². The van der Waals surface area contributed by atoms with Crippen molar-refractivity contribution in [3.05, 3.63) is 33.8 Å². The van der Waals surface area contributed by atoms with E-state index >= 15 is 0 Å². The van der Waals surface area contributed by atoms with Gasteiger partial charge in [0.15, 0.2) is 0 Å². The number of methoxy groups -OCH3 is 2. The van der Waals surface area contributed by atoms with Crippen molar-refractivity contribution in [1.29, 1.82) is 5.26 Å². The molecule has 0 unspecified atom stereocenters. The van der Waals surface area contributed by atoms with Gasteiger partial charge in [-0.15, -0.1) is 0 Å². The van der Waals surface area contributed by atoms with Crippen molar-refractivity contribution in [2.45, 2.75) is 0 Å². The van der Waals surface area contributed by atoms with Crippen LogP contribution in [0.1, 0.15) is 5.56 Å². The highest BCUT2D eigenvalue weighted by molar-refractivity contribution is 9.10. The van der Waals surface area contributed by atoms with E-state index in [9.17, 15) is 4.79 Å². The summed E-state index contributed by atoms with van der Waals surface area (Å²) < 4.78 is 10.3. The van der Waals surface area contributed by atoms with Crippen LogP contribution >= 0.6 is 15.9 Å². The largest absolute Gasteiger partial charge is 0.496 e. The van der Waals surface area contributed by atoms with Crippen molar-refractivity contribution < 1.29 is 14.3 Å². The molecule has 0 saturated carbocycles. The molecular formula is C12H10BrNO3. The number of benzene rings is 1. The maximum Gasteiger partial charge on any atom is 0.348 e. The van der Waals surface area contributed by atoms with E-state index in [1.807, 2.05) is 0 Å². The smallest absolute Gasteiger partial charge is 0.348 e. The van der Waals surface area contributed by atoms with E-state index in [1.165, 1.54) is 13.2 Å². The predicted octanol–water partition coefficient (Wildman–Crippen LogP) is 2.54. The Hall–Kier alpha value is -1.80. The normalized spacial score (nSPS) is 10.6. The molecule has 4 nitrogen and oxygen atoms in total. The molecule has 0 aliphatic rings. The second-order valence-corrected chi connectivity index (χ2v) is 3.91. The van der Waals surface area contributed by atoms with Crippen molar-refractivity contribution in [2.24, 2.45) is 0 Å². The highest BCUT2D eigenvalue weighted by Crippen LogP contribution is 2.26. The molecule has 88 valence electrons. The van der Waals surface area contributed by atoms with Gasteiger partial charge in [-0.05, 0) is 39.7 Å². The van der Waals surface area contributed by atoms with E-state index in [2.05, 4.69) is 20.7 Å². The van der Waals surface area contributed by atoms with E-state index in [0.717, 1.165) is 4.47 Å². The number of halogens is 1. The minimum Gasteiger partial charge on any atom is -0.496 e. The zero-order valence-corrected chi connectivity index (χ0v) is 10.9. The first-order valence-corrected chi connectivity index (χ1v) is 5.45. The van der Waals surface area contributed by atoms with Crippen LogP contribution in [0, 0.1) is 11.3 Å². The molecule has 1 rings (SSSR count). The van der Waals surface area contributed by atoms with Crippen molar-refractivity contribution in [1.82, 2.24) is 0 Å². The van der Waals surface area contributed by atoms with Crippen molar-refractivity contribution in [3.8, 4) is 11.8 Å². The van der Waals surface area contributed by atoms with Gasteiger partial charge in [0.2, 0.25) is 0 Å². The SMILES string of the molecule is COC(=O)/C(C#N)=C/c1ccc(OC)c(Br)c1. The molecular weight excluding hydrogens is 286 g/mol. The molecule has 0 heterocycles. The molecule has 0 bridgehead atoms. The zero-order chi connectivity index (χ0) is 12.8. The summed E-state index contributed by atoms with van der Waals surface area (Å²) in [5.41, 5.74) is 0.657. The van der Waals surface area contributed by atoms with Gasteiger partial charge in [0, 0.05) is 0 Å². The number of carbonyl (C=O) groups excluding carboxylic acids is 1. The molecule has 0 amide bonds. The highest BCUT2D eigenvalue weighted by Gasteiger charge is 2.09. The number of ether oxygens (including phenoxy) is 2. The first-order chi connectivity index (χ1) is 8.12. The Morgan fingerprint density at radius 1 is 1.47 bits per heavy atom. The van der Waals surface area contributed by atoms with Crippen LogP contribution in [0.5, 0.6) is 5.75 Å². The summed E-state index contributed by atoms with van der Waals surface area (Å²) in [6, 6.07) is 7.02. The minimum atomic E-state index is -0.653. The number of carbonyl (C=O) groups is 1. The summed E-state index contributed by atoms with van der Waals surface area (Å²) in [6.45, 7) is 0. The second-order valence-electron chi connectivity index (χ2n) is 3.06. The number of rotatable bonds is 3. The Balaban J connectivity index is 3.10. The van der Waals surface area contributed by atoms with Gasteiger partial charge in [-0.3, -0.25) is 0 Å². The number of hydrogen-bond acceptors (Lipinski definition) is 4. The lowest BCUT2D eigenvalue weighted by atomic mass is 10.1. The van der Waals surface area contributed by atoms with Crippen LogP contribution in [0.2, 0.25) is 0 Å². The molecule has 17 heavy (non-hydrogen) atoms. The maximum absolute atomic E-state index is 11.2. The Morgan fingerprint density at radius 2 is 2.18 bits per heavy atom. The predicted molar refractivity (Wildman–Crippen MR) is 66.3 cm³/mol. The third-order valence-electron chi connectivity index (χ3n) is 2.01. The van der Waals surface area contributed by atoms with Crippen LogP contribution in [0.4, 0.5) is 0 Å². The van der Waals surface area contributed by atoms with Crippen LogP contribution in [0.3, 0.4) is 0 Å². The minimum absolute atomic E-state index is 0.0513. The lowest BCUT2D eigenvalue weighted by Gasteiger charge is -2.03. The number of hydrogen-bond donors (Lipinski definition) is 0. The summed E-state index contributed by atoms with van der Waals surface area (Å²) >= 11 is 3.32. The highest BCUT2D eigenvalue weighted by atomic mass is 79.9. The average Bonchev–Trinajstić information content (AvgIpc) is 2.35. The second kappa shape index (κ2) is 6.06. The Labute approximate surface area is 108 Å². The molecule has 0 aliphatic heterocycles. The molecule has 5 heteroatoms. The zero-order valence-electron chi connectivity index (χ0n) is 9.36. The molecule has 1 aromatic rings. The van der Waals surface area contributed by atoms with Crippen molar-refractivity contribution in [3.63, 3.8) is 0 Å². The van der Waals surface area contributed by atoms with Gasteiger partial charge in [0.1, 0.15) is 17.4 Å². The van der Waals surface area contributed by atoms with Gasteiger partial charge in [-0.1, -0.05) is 6.07 Å². The van der Waals surface area contributed by atoms with Crippen LogP contribution in [0.25, 0.3) is 6.08 Å². The van der Waals surface area contributed by atoms with E-state index in [1.54, 1.807) is 31.4 Å². The van der Waals surface area contributed by atoms with Gasteiger partial charge in [-0.25, -0.2) is 4.79 Å². The van der Waals surface area contributed by atoms with Crippen LogP contribution in [-0.4, -0.2) is 20.2 Å². The number of esters is 1. The van der Waals surface area contributed by atoms with E-state index in [-0.39, 0.29) is 5.57 Å². The third kappa shape index (κ3) is 3.33. The molecule has 0 spiro atoms. The summed E-state index contributed by atoms with van der Waals surface area (Å²) in [7, 11) is 2.79. The van der Waals surface area contributed by atoms with Crippen molar-refractivity contribution >= 4 is 28.0 Å². The van der Waals surface area contributed by atoms with Crippen molar-refractivity contribution in [2.75, 3.05) is 14.2 Å². The van der Waals surface area contributed by atoms with Gasteiger partial charge < -0.3 is 9.47 Å². The molecule has 0 fully saturated rings. The number of nitrogens with zero attached hydrogens (tertiary/aromatic N) is 1. The molecule has 0 radical (unpaired) electrons. The first-order valence-electron chi connectivity index (χ1n) is 4.66. The lowest BCUT2D eigenvalue weighted by Crippen LogP contribution is -2.02. The lowest BCUT2D eigenvalue weighted by molar-refractivity contribution is -0.135. The van der Waals surface area contributed by atoms with Crippen LogP contribution in [-0.2, 0) is 9.53 Å². The van der Waals surface area contributed by atoms with Gasteiger partial charge in [-0.2, -0.15) is 5.26 Å². The Bertz CT molecular complexity index is 503. The fourth-order valence-corrected chi connectivity index (χ4v) is 1.74. The monoisotopic (exact) mass is 295 g/mol. The Morgan fingerprint density at radius 3 is 2.65 bits per heavy atom. The summed E-state index contributed by atoms with van der Waals surface area (Å²) in [5, 5.41) is 8.80. The summed E-state index contributed by atoms with van der Waals surface area (Å²) in [5.74, 6) is 0.0261. The fraction of sp³-hybridized carbons (Fsp3) is 0.167. The van der Waals surface area contributed by atoms with E-state index in [4.69, 9.17) is 10.00 Å². The third-order valence-corrected chi connectivity index (χ3v) is 2.63. The number of nitriles is 1. The molecule has 0 aliphatic carbocycles. The summed E-state index contributed by atoms with van der Waals surface area (Å²) in [4.78, 5) is 11.2. The van der Waals surface area contributed by atoms with Gasteiger partial charge in [0.05, 0.1) is 18.7 Å². The van der Waals surface area contributed by atoms with Gasteiger partial charge >= 0.3 is 5.97 Å². The maximum atomic E-state index is 11.2. The fourth-order valence-electron chi connectivity index (χ4n) is 1.19. The quantitative estimate of drug-likeness (QED) is 0.488. The van der Waals surface area contributed by atoms with E-state index in [0.29, 0.717) is 11.3 Å². The molecule has 0 atom stereocenters. The average molecular weight is 296 g/mol. The topological polar surface area (TPSA) is 59.3 Å². The molecule has 0 aromatic heterocycles. The molecule has 0 saturated heterocycles. The molecule has 0 N–H and O–H groups in total.